The number of ketones is 1. The summed E-state index contributed by atoms with van der Waals surface area (Å²) >= 11 is 0. The topological polar surface area (TPSA) is 57.7 Å². The first-order chi connectivity index (χ1) is 16.1. The molecule has 2 saturated heterocycles. The molecule has 0 aromatic heterocycles. The van der Waals surface area contributed by atoms with Crippen molar-refractivity contribution in [2.24, 2.45) is 11.8 Å². The van der Waals surface area contributed by atoms with E-state index in [9.17, 15) is 14.4 Å². The van der Waals surface area contributed by atoms with Crippen molar-refractivity contribution in [3.8, 4) is 0 Å². The Morgan fingerprint density at radius 3 is 2.21 bits per heavy atom. The maximum atomic E-state index is 13.8. The molecule has 3 aromatic rings. The standard InChI is InChI=1S/C28H22N2O3/c1-17-11-13-20(14-12-17)30-27(32)22-23(28(30)33)25(26(31)19-8-3-2-4-9-19)29-16-15-18-7-5-6-10-21(18)24(22)29/h2-16,22-25H,1H3/t22-,23+,24+,25-/m0/s1. The molecule has 5 heteroatoms. The second-order valence-corrected chi connectivity index (χ2v) is 8.91. The van der Waals surface area contributed by atoms with Gasteiger partial charge in [-0.15, -0.1) is 0 Å². The zero-order valence-electron chi connectivity index (χ0n) is 18.1. The minimum Gasteiger partial charge on any atom is -0.358 e. The fraction of sp³-hybridized carbons (Fsp3) is 0.179. The van der Waals surface area contributed by atoms with E-state index < -0.39 is 17.9 Å². The van der Waals surface area contributed by atoms with Crippen molar-refractivity contribution in [1.82, 2.24) is 4.90 Å². The van der Waals surface area contributed by atoms with Gasteiger partial charge in [0, 0.05) is 11.8 Å². The molecule has 2 amide bonds. The molecule has 5 nitrogen and oxygen atoms in total. The molecule has 6 rings (SSSR count). The maximum absolute atomic E-state index is 13.8. The Hall–Kier alpha value is -3.99. The molecular weight excluding hydrogens is 412 g/mol. The quantitative estimate of drug-likeness (QED) is 0.453. The smallest absolute Gasteiger partial charge is 0.240 e. The van der Waals surface area contributed by atoms with Crippen LogP contribution in [0.5, 0.6) is 0 Å². The lowest BCUT2D eigenvalue weighted by Gasteiger charge is -2.35. The fourth-order valence-corrected chi connectivity index (χ4v) is 5.58. The van der Waals surface area contributed by atoms with Crippen LogP contribution in [0.4, 0.5) is 5.69 Å². The summed E-state index contributed by atoms with van der Waals surface area (Å²) in [5.41, 5.74) is 4.14. The minimum absolute atomic E-state index is 0.135. The molecule has 3 aliphatic rings. The van der Waals surface area contributed by atoms with Crippen LogP contribution in [-0.4, -0.2) is 28.5 Å². The first-order valence-corrected chi connectivity index (χ1v) is 11.1. The number of fused-ring (bicyclic) bond motifs is 5. The third-order valence-electron chi connectivity index (χ3n) is 7.08. The summed E-state index contributed by atoms with van der Waals surface area (Å²) in [6.45, 7) is 1.96. The van der Waals surface area contributed by atoms with E-state index in [2.05, 4.69) is 0 Å². The predicted octanol–water partition coefficient (Wildman–Crippen LogP) is 4.39. The molecule has 4 atom stereocenters. The number of hydrogen-bond donors (Lipinski definition) is 0. The predicted molar refractivity (Wildman–Crippen MR) is 125 cm³/mol. The average molecular weight is 434 g/mol. The highest BCUT2D eigenvalue weighted by Crippen LogP contribution is 2.53. The first kappa shape index (κ1) is 19.7. The lowest BCUT2D eigenvalue weighted by molar-refractivity contribution is -0.123. The Kier molecular flexibility index (Phi) is 4.34. The van der Waals surface area contributed by atoms with E-state index in [1.54, 1.807) is 24.3 Å². The van der Waals surface area contributed by atoms with E-state index in [1.165, 1.54) is 4.90 Å². The number of hydrogen-bond acceptors (Lipinski definition) is 4. The molecule has 0 saturated carbocycles. The van der Waals surface area contributed by atoms with Crippen LogP contribution in [0.2, 0.25) is 0 Å². The lowest BCUT2D eigenvalue weighted by Crippen LogP contribution is -2.44. The highest BCUT2D eigenvalue weighted by atomic mass is 16.2. The van der Waals surface area contributed by atoms with Gasteiger partial charge in [-0.2, -0.15) is 0 Å². The van der Waals surface area contributed by atoms with Crippen LogP contribution in [0.3, 0.4) is 0 Å². The van der Waals surface area contributed by atoms with Gasteiger partial charge >= 0.3 is 0 Å². The van der Waals surface area contributed by atoms with E-state index in [1.807, 2.05) is 78.7 Å². The number of amides is 2. The summed E-state index contributed by atoms with van der Waals surface area (Å²) in [4.78, 5) is 44.6. The van der Waals surface area contributed by atoms with Crippen molar-refractivity contribution in [3.05, 3.63) is 107 Å². The Balaban J connectivity index is 1.50. The molecule has 0 N–H and O–H groups in total. The van der Waals surface area contributed by atoms with E-state index in [0.717, 1.165) is 16.7 Å². The summed E-state index contributed by atoms with van der Waals surface area (Å²) < 4.78 is 0. The second-order valence-electron chi connectivity index (χ2n) is 8.91. The number of anilines is 1. The van der Waals surface area contributed by atoms with Gasteiger partial charge in [0.25, 0.3) is 0 Å². The zero-order chi connectivity index (χ0) is 22.7. The van der Waals surface area contributed by atoms with Crippen LogP contribution >= 0.6 is 0 Å². The number of aryl methyl sites for hydroxylation is 1. The minimum atomic E-state index is -0.743. The van der Waals surface area contributed by atoms with Gasteiger partial charge in [0.15, 0.2) is 5.78 Å². The molecule has 0 radical (unpaired) electrons. The van der Waals surface area contributed by atoms with Crippen molar-refractivity contribution in [2.45, 2.75) is 19.0 Å². The highest BCUT2D eigenvalue weighted by Gasteiger charge is 2.64. The number of nitrogens with zero attached hydrogens (tertiary/aromatic N) is 2. The molecule has 0 spiro atoms. The van der Waals surface area contributed by atoms with Crippen LogP contribution in [-0.2, 0) is 9.59 Å². The van der Waals surface area contributed by atoms with Crippen LogP contribution in [0, 0.1) is 18.8 Å². The van der Waals surface area contributed by atoms with Crippen LogP contribution in [0.25, 0.3) is 6.08 Å². The normalized spacial score (nSPS) is 25.1. The van der Waals surface area contributed by atoms with E-state index >= 15 is 0 Å². The number of benzene rings is 3. The number of imide groups is 1. The number of carbonyl (C=O) groups excluding carboxylic acids is 3. The monoisotopic (exact) mass is 434 g/mol. The summed E-state index contributed by atoms with van der Waals surface area (Å²) in [5, 5.41) is 0. The molecule has 162 valence electrons. The van der Waals surface area contributed by atoms with Crippen LogP contribution in [0.1, 0.15) is 33.1 Å². The van der Waals surface area contributed by atoms with Crippen molar-refractivity contribution >= 4 is 29.4 Å². The average Bonchev–Trinajstić information content (AvgIpc) is 3.32. The summed E-state index contributed by atoms with van der Waals surface area (Å²) in [6, 6.07) is 23.2. The number of carbonyl (C=O) groups is 3. The molecule has 0 bridgehead atoms. The summed E-state index contributed by atoms with van der Waals surface area (Å²) in [6.07, 6.45) is 3.85. The van der Waals surface area contributed by atoms with E-state index in [-0.39, 0.29) is 23.6 Å². The second kappa shape index (κ2) is 7.27. The first-order valence-electron chi connectivity index (χ1n) is 11.1. The van der Waals surface area contributed by atoms with Gasteiger partial charge in [0.05, 0.1) is 23.6 Å². The molecule has 3 heterocycles. The van der Waals surface area contributed by atoms with Crippen molar-refractivity contribution < 1.29 is 14.4 Å². The van der Waals surface area contributed by atoms with Gasteiger partial charge in [-0.1, -0.05) is 72.3 Å². The summed E-state index contributed by atoms with van der Waals surface area (Å²) in [5.74, 6) is -2.04. The van der Waals surface area contributed by atoms with E-state index in [0.29, 0.717) is 11.3 Å². The summed E-state index contributed by atoms with van der Waals surface area (Å²) in [7, 11) is 0. The zero-order valence-corrected chi connectivity index (χ0v) is 18.1. The SMILES string of the molecule is Cc1ccc(N2C(=O)[C@@H]3[C@H](C2=O)[C@H]2c4ccccc4C=CN2[C@@H]3C(=O)c2ccccc2)cc1. The van der Waals surface area contributed by atoms with Gasteiger partial charge < -0.3 is 4.90 Å². The molecule has 0 aliphatic carbocycles. The lowest BCUT2D eigenvalue weighted by atomic mass is 9.83. The van der Waals surface area contributed by atoms with Crippen molar-refractivity contribution in [3.63, 3.8) is 0 Å². The third kappa shape index (κ3) is 2.82. The van der Waals surface area contributed by atoms with Gasteiger partial charge in [0.2, 0.25) is 11.8 Å². The third-order valence-corrected chi connectivity index (χ3v) is 7.08. The Morgan fingerprint density at radius 2 is 1.45 bits per heavy atom. The van der Waals surface area contributed by atoms with Crippen molar-refractivity contribution in [2.75, 3.05) is 4.90 Å². The molecule has 0 unspecified atom stereocenters. The number of rotatable bonds is 3. The number of Topliss-reactive ketones (excluding diaryl/α,β-unsaturated/α-hetero) is 1. The van der Waals surface area contributed by atoms with Crippen molar-refractivity contribution in [1.29, 1.82) is 0 Å². The van der Waals surface area contributed by atoms with E-state index in [4.69, 9.17) is 0 Å². The van der Waals surface area contributed by atoms with Gasteiger partial charge in [-0.25, -0.2) is 4.90 Å². The van der Waals surface area contributed by atoms with Crippen LogP contribution < -0.4 is 4.90 Å². The molecule has 3 aliphatic heterocycles. The molecular formula is C28H22N2O3. The highest BCUT2D eigenvalue weighted by molar-refractivity contribution is 6.24. The molecule has 2 fully saturated rings. The Labute approximate surface area is 191 Å². The van der Waals surface area contributed by atoms with Gasteiger partial charge in [-0.05, 0) is 36.3 Å². The fourth-order valence-electron chi connectivity index (χ4n) is 5.58. The molecule has 3 aromatic carbocycles. The van der Waals surface area contributed by atoms with Gasteiger partial charge in [0.1, 0.15) is 6.04 Å². The maximum Gasteiger partial charge on any atom is 0.240 e. The molecule has 33 heavy (non-hydrogen) atoms. The van der Waals surface area contributed by atoms with Gasteiger partial charge in [-0.3, -0.25) is 14.4 Å². The van der Waals surface area contributed by atoms with Crippen LogP contribution in [0.15, 0.2) is 85.1 Å². The largest absolute Gasteiger partial charge is 0.358 e. The Morgan fingerprint density at radius 1 is 0.788 bits per heavy atom. The Bertz CT molecular complexity index is 1310.